The van der Waals surface area contributed by atoms with Gasteiger partial charge in [0.25, 0.3) is 11.8 Å². The molecule has 0 fully saturated rings. The Morgan fingerprint density at radius 1 is 1.12 bits per heavy atom. The monoisotopic (exact) mass is 353 g/mol. The summed E-state index contributed by atoms with van der Waals surface area (Å²) in [6, 6.07) is 1.25. The van der Waals surface area contributed by atoms with Crippen LogP contribution in [0.3, 0.4) is 0 Å². The molecule has 0 saturated heterocycles. The van der Waals surface area contributed by atoms with E-state index in [1.54, 1.807) is 0 Å². The van der Waals surface area contributed by atoms with Gasteiger partial charge in [0.15, 0.2) is 0 Å². The Morgan fingerprint density at radius 2 is 1.71 bits per heavy atom. The maximum absolute atomic E-state index is 12.3. The van der Waals surface area contributed by atoms with E-state index >= 15 is 0 Å². The Labute approximate surface area is 136 Å². The highest BCUT2D eigenvalue weighted by Crippen LogP contribution is 2.26. The lowest BCUT2D eigenvalue weighted by Gasteiger charge is -2.26. The van der Waals surface area contributed by atoms with Gasteiger partial charge in [0, 0.05) is 6.26 Å². The third kappa shape index (κ3) is 3.27. The number of imide groups is 1. The minimum absolute atomic E-state index is 0.171. The topological polar surface area (TPSA) is 152 Å². The summed E-state index contributed by atoms with van der Waals surface area (Å²) in [6.07, 6.45) is 0.355. The molecule has 1 aliphatic heterocycles. The third-order valence-corrected chi connectivity index (χ3v) is 4.48. The number of nitrogens with zero attached hydrogens (tertiary/aromatic N) is 1. The van der Waals surface area contributed by atoms with E-state index in [4.69, 9.17) is 0 Å². The van der Waals surface area contributed by atoms with Crippen molar-refractivity contribution in [2.75, 3.05) is 12.0 Å². The molecule has 0 N–H and O–H groups in total. The molecule has 0 aromatic heterocycles. The van der Waals surface area contributed by atoms with E-state index < -0.39 is 51.8 Å². The molecule has 1 aliphatic rings. The number of benzene rings is 1. The quantitative estimate of drug-likeness (QED) is 0.497. The number of carbonyl (C=O) groups excluding carboxylic acids is 4. The molecule has 0 radical (unpaired) electrons. The van der Waals surface area contributed by atoms with Crippen molar-refractivity contribution in [1.29, 1.82) is 0 Å². The number of aromatic carboxylic acids is 1. The predicted octanol–water partition coefficient (Wildman–Crippen LogP) is -2.80. The summed E-state index contributed by atoms with van der Waals surface area (Å²) in [5.41, 5.74) is -0.805. The van der Waals surface area contributed by atoms with Gasteiger partial charge in [0.05, 0.1) is 34.9 Å². The first kappa shape index (κ1) is 17.6. The van der Waals surface area contributed by atoms with Gasteiger partial charge in [-0.25, -0.2) is 8.42 Å². The number of carboxylic acid groups (broad SMARTS) is 2. The second-order valence-electron chi connectivity index (χ2n) is 5.28. The summed E-state index contributed by atoms with van der Waals surface area (Å²) >= 11 is 0. The number of sulfone groups is 1. The van der Waals surface area contributed by atoms with Crippen LogP contribution in [0.4, 0.5) is 0 Å². The molecule has 128 valence electrons. The first-order valence-corrected chi connectivity index (χ1v) is 8.71. The number of fused-ring (bicyclic) bond motifs is 1. The molecular formula is C14H11NO8S-2. The summed E-state index contributed by atoms with van der Waals surface area (Å²) in [7, 11) is -3.53. The Hall–Kier alpha value is -2.75. The zero-order valence-electron chi connectivity index (χ0n) is 12.3. The van der Waals surface area contributed by atoms with Crippen LogP contribution in [0.25, 0.3) is 0 Å². The molecule has 2 amide bonds. The fourth-order valence-electron chi connectivity index (χ4n) is 2.35. The molecule has 0 bridgehead atoms. The van der Waals surface area contributed by atoms with Crippen molar-refractivity contribution in [1.82, 2.24) is 4.90 Å². The van der Waals surface area contributed by atoms with Crippen LogP contribution in [0, 0.1) is 0 Å². The van der Waals surface area contributed by atoms with Gasteiger partial charge in [-0.05, 0) is 24.1 Å². The van der Waals surface area contributed by atoms with Gasteiger partial charge in [-0.15, -0.1) is 0 Å². The molecule has 1 heterocycles. The smallest absolute Gasteiger partial charge is 0.262 e. The summed E-state index contributed by atoms with van der Waals surface area (Å²) in [5, 5.41) is 22.1. The molecule has 2 rings (SSSR count). The minimum atomic E-state index is -3.53. The molecule has 1 aromatic carbocycles. The number of amides is 2. The zero-order chi connectivity index (χ0) is 18.2. The van der Waals surface area contributed by atoms with Crippen LogP contribution in [0.5, 0.6) is 0 Å². The molecule has 0 aliphatic carbocycles. The van der Waals surface area contributed by atoms with Gasteiger partial charge < -0.3 is 19.8 Å². The normalized spacial score (nSPS) is 15.3. The first-order chi connectivity index (χ1) is 11.0. The average Bonchev–Trinajstić information content (AvgIpc) is 2.70. The summed E-state index contributed by atoms with van der Waals surface area (Å²) in [4.78, 5) is 47.0. The maximum atomic E-state index is 12.3. The molecule has 0 spiro atoms. The van der Waals surface area contributed by atoms with Crippen LogP contribution >= 0.6 is 0 Å². The Morgan fingerprint density at radius 3 is 2.21 bits per heavy atom. The molecule has 1 atom stereocenters. The van der Waals surface area contributed by atoms with E-state index in [-0.39, 0.29) is 16.7 Å². The second-order valence-corrected chi connectivity index (χ2v) is 7.54. The van der Waals surface area contributed by atoms with Crippen molar-refractivity contribution in [2.45, 2.75) is 12.5 Å². The zero-order valence-corrected chi connectivity index (χ0v) is 13.2. The number of carbonyl (C=O) groups is 4. The number of hydrogen-bond acceptors (Lipinski definition) is 8. The highest BCUT2D eigenvalue weighted by atomic mass is 32.2. The van der Waals surface area contributed by atoms with Crippen molar-refractivity contribution in [2.24, 2.45) is 0 Å². The van der Waals surface area contributed by atoms with E-state index in [1.807, 2.05) is 0 Å². The lowest BCUT2D eigenvalue weighted by atomic mass is 10.1. The first-order valence-electron chi connectivity index (χ1n) is 6.65. The number of aliphatic carboxylic acids is 1. The Bertz CT molecular complexity index is 858. The van der Waals surface area contributed by atoms with Gasteiger partial charge in [-0.1, -0.05) is 6.07 Å². The lowest BCUT2D eigenvalue weighted by molar-refractivity contribution is -0.310. The van der Waals surface area contributed by atoms with Crippen LogP contribution in [-0.4, -0.2) is 55.1 Å². The van der Waals surface area contributed by atoms with Gasteiger partial charge in [-0.2, -0.15) is 0 Å². The third-order valence-electron chi connectivity index (χ3n) is 3.50. The van der Waals surface area contributed by atoms with Crippen molar-refractivity contribution in [3.63, 3.8) is 0 Å². The Balaban J connectivity index is 2.40. The largest absolute Gasteiger partial charge is 0.548 e. The van der Waals surface area contributed by atoms with E-state index in [0.717, 1.165) is 24.5 Å². The van der Waals surface area contributed by atoms with E-state index in [9.17, 15) is 37.8 Å². The van der Waals surface area contributed by atoms with E-state index in [1.165, 1.54) is 0 Å². The lowest BCUT2D eigenvalue weighted by Crippen LogP contribution is -2.51. The summed E-state index contributed by atoms with van der Waals surface area (Å²) in [6.45, 7) is 0. The van der Waals surface area contributed by atoms with Crippen LogP contribution in [-0.2, 0) is 14.6 Å². The molecule has 0 saturated carbocycles. The van der Waals surface area contributed by atoms with Crippen molar-refractivity contribution >= 4 is 33.6 Å². The summed E-state index contributed by atoms with van der Waals surface area (Å²) < 4.78 is 22.4. The molecule has 1 aromatic rings. The fourth-order valence-corrected chi connectivity index (χ4v) is 3.00. The molecule has 9 nitrogen and oxygen atoms in total. The van der Waals surface area contributed by atoms with Gasteiger partial charge in [0.1, 0.15) is 9.84 Å². The van der Waals surface area contributed by atoms with Crippen LogP contribution in [0.15, 0.2) is 18.2 Å². The molecular weight excluding hydrogens is 342 g/mol. The molecule has 0 unspecified atom stereocenters. The second kappa shape index (κ2) is 6.04. The standard InChI is InChI=1S/C14H13NO8S/c1-24(22,23)5-4-10(14(20)21)15-11(16)8-3-2-7(13(18)19)6-9(8)12(15)17/h2-3,6,10H,4-5H2,1H3,(H,18,19)(H,20,21)/p-2/t10-/m1/s1. The SMILES string of the molecule is CS(=O)(=O)CC[C@H](C(=O)[O-])N1C(=O)c2ccc(C(=O)[O-])cc2C1=O. The van der Waals surface area contributed by atoms with Gasteiger partial charge in [0.2, 0.25) is 0 Å². The minimum Gasteiger partial charge on any atom is -0.548 e. The Kier molecular flexibility index (Phi) is 4.43. The van der Waals surface area contributed by atoms with Crippen LogP contribution in [0.1, 0.15) is 37.5 Å². The number of hydrogen-bond donors (Lipinski definition) is 0. The van der Waals surface area contributed by atoms with Crippen molar-refractivity contribution in [3.8, 4) is 0 Å². The number of carboxylic acids is 2. The van der Waals surface area contributed by atoms with E-state index in [2.05, 4.69) is 0 Å². The fraction of sp³-hybridized carbons (Fsp3) is 0.286. The highest BCUT2D eigenvalue weighted by Gasteiger charge is 2.40. The van der Waals surface area contributed by atoms with Gasteiger partial charge >= 0.3 is 0 Å². The maximum Gasteiger partial charge on any atom is 0.262 e. The summed E-state index contributed by atoms with van der Waals surface area (Å²) in [5.74, 6) is -5.90. The van der Waals surface area contributed by atoms with Crippen molar-refractivity contribution in [3.05, 3.63) is 34.9 Å². The number of rotatable bonds is 6. The average molecular weight is 353 g/mol. The molecule has 10 heteroatoms. The van der Waals surface area contributed by atoms with Crippen molar-refractivity contribution < 1.29 is 37.8 Å². The highest BCUT2D eigenvalue weighted by molar-refractivity contribution is 7.90. The predicted molar refractivity (Wildman–Crippen MR) is 74.4 cm³/mol. The molecule has 24 heavy (non-hydrogen) atoms. The van der Waals surface area contributed by atoms with Crippen LogP contribution in [0.2, 0.25) is 0 Å². The van der Waals surface area contributed by atoms with Crippen LogP contribution < -0.4 is 10.2 Å². The van der Waals surface area contributed by atoms with E-state index in [0.29, 0.717) is 4.90 Å². The van der Waals surface area contributed by atoms with Gasteiger partial charge in [-0.3, -0.25) is 14.5 Å².